The molecule has 0 radical (unpaired) electrons. The van der Waals surface area contributed by atoms with E-state index in [4.69, 9.17) is 4.74 Å². The van der Waals surface area contributed by atoms with Crippen molar-refractivity contribution in [2.24, 2.45) is 11.8 Å². The van der Waals surface area contributed by atoms with Gasteiger partial charge in [0.15, 0.2) is 5.78 Å². The fourth-order valence-electron chi connectivity index (χ4n) is 4.07. The van der Waals surface area contributed by atoms with Gasteiger partial charge in [-0.15, -0.1) is 0 Å². The van der Waals surface area contributed by atoms with Crippen LogP contribution in [0.15, 0.2) is 60.7 Å². The number of alkyl carbamates (subject to hydrolysis) is 1. The molecule has 2 amide bonds. The molecule has 3 N–H and O–H groups in total. The van der Waals surface area contributed by atoms with Gasteiger partial charge in [0, 0.05) is 12.3 Å². The molecule has 2 aromatic carbocycles. The van der Waals surface area contributed by atoms with Gasteiger partial charge in [-0.05, 0) is 57.1 Å². The lowest BCUT2D eigenvalue weighted by atomic mass is 9.89. The van der Waals surface area contributed by atoms with Crippen molar-refractivity contribution in [2.45, 2.75) is 78.0 Å². The summed E-state index contributed by atoms with van der Waals surface area (Å²) in [7, 11) is 0. The highest BCUT2D eigenvalue weighted by Gasteiger charge is 2.31. The average Bonchev–Trinajstić information content (AvgIpc) is 2.82. The Bertz CT molecular complexity index is 1060. The van der Waals surface area contributed by atoms with Crippen molar-refractivity contribution < 1.29 is 29.0 Å². The number of carboxylic acid groups (broad SMARTS) is 1. The number of hydrogen-bond acceptors (Lipinski definition) is 5. The van der Waals surface area contributed by atoms with E-state index in [-0.39, 0.29) is 37.4 Å². The molecule has 0 fully saturated rings. The predicted octanol–water partition coefficient (Wildman–Crippen LogP) is 4.56. The van der Waals surface area contributed by atoms with E-state index >= 15 is 0 Å². The molecule has 3 atom stereocenters. The number of rotatable bonds is 13. The van der Waals surface area contributed by atoms with Gasteiger partial charge in [-0.2, -0.15) is 0 Å². The fourth-order valence-corrected chi connectivity index (χ4v) is 4.07. The number of hydrogen-bond donors (Lipinski definition) is 3. The van der Waals surface area contributed by atoms with Crippen LogP contribution in [0.3, 0.4) is 0 Å². The first-order valence-electron chi connectivity index (χ1n) is 13.0. The smallest absolute Gasteiger partial charge is 0.408 e. The van der Waals surface area contributed by atoms with E-state index in [1.54, 1.807) is 20.8 Å². The zero-order valence-corrected chi connectivity index (χ0v) is 22.9. The molecule has 0 bridgehead atoms. The van der Waals surface area contributed by atoms with Crippen LogP contribution in [-0.4, -0.2) is 46.5 Å². The number of Topliss-reactive ketones (excluding diaryl/α,β-unsaturated/α-hetero) is 1. The van der Waals surface area contributed by atoms with Crippen molar-refractivity contribution in [3.05, 3.63) is 71.8 Å². The molecule has 0 aliphatic heterocycles. The molecule has 206 valence electrons. The number of nitrogens with one attached hydrogen (secondary N) is 2. The second-order valence-electron chi connectivity index (χ2n) is 11.0. The summed E-state index contributed by atoms with van der Waals surface area (Å²) in [4.78, 5) is 51.3. The zero-order chi connectivity index (χ0) is 28.3. The summed E-state index contributed by atoms with van der Waals surface area (Å²) in [6, 6.07) is 16.5. The summed E-state index contributed by atoms with van der Waals surface area (Å²) in [5.41, 5.74) is 0.937. The molecular weight excluding hydrogens is 484 g/mol. The van der Waals surface area contributed by atoms with Crippen molar-refractivity contribution in [3.8, 4) is 0 Å². The van der Waals surface area contributed by atoms with Crippen LogP contribution in [0.25, 0.3) is 0 Å². The molecule has 0 saturated carbocycles. The zero-order valence-electron chi connectivity index (χ0n) is 22.9. The number of amides is 2. The molecule has 2 rings (SSSR count). The molecule has 8 heteroatoms. The Morgan fingerprint density at radius 3 is 1.82 bits per heavy atom. The Morgan fingerprint density at radius 2 is 1.34 bits per heavy atom. The Labute approximate surface area is 225 Å². The number of aliphatic carboxylic acids is 1. The van der Waals surface area contributed by atoms with Gasteiger partial charge >= 0.3 is 12.1 Å². The lowest BCUT2D eigenvalue weighted by Crippen LogP contribution is -2.48. The monoisotopic (exact) mass is 524 g/mol. The van der Waals surface area contributed by atoms with Crippen LogP contribution in [-0.2, 0) is 32.0 Å². The van der Waals surface area contributed by atoms with Gasteiger partial charge in [0.05, 0.1) is 6.04 Å². The van der Waals surface area contributed by atoms with Crippen LogP contribution in [0.5, 0.6) is 0 Å². The van der Waals surface area contributed by atoms with Crippen molar-refractivity contribution in [1.29, 1.82) is 0 Å². The van der Waals surface area contributed by atoms with Crippen LogP contribution in [0.4, 0.5) is 4.79 Å². The summed E-state index contributed by atoms with van der Waals surface area (Å²) in [6.45, 7) is 8.96. The lowest BCUT2D eigenvalue weighted by Gasteiger charge is -2.25. The number of carbonyl (C=O) groups excluding carboxylic acids is 3. The first-order chi connectivity index (χ1) is 17.8. The number of ketones is 1. The summed E-state index contributed by atoms with van der Waals surface area (Å²) in [5.74, 6) is -2.74. The van der Waals surface area contributed by atoms with Crippen molar-refractivity contribution in [3.63, 3.8) is 0 Å². The van der Waals surface area contributed by atoms with Gasteiger partial charge in [-0.25, -0.2) is 9.59 Å². The van der Waals surface area contributed by atoms with Gasteiger partial charge in [0.25, 0.3) is 0 Å². The molecule has 2 aromatic rings. The summed E-state index contributed by atoms with van der Waals surface area (Å²) < 4.78 is 5.37. The molecule has 0 unspecified atom stereocenters. The molecule has 0 saturated heterocycles. The minimum Gasteiger partial charge on any atom is -0.480 e. The molecular formula is C30H40N2O6. The normalized spacial score (nSPS) is 13.7. The lowest BCUT2D eigenvalue weighted by molar-refractivity contribution is -0.143. The minimum atomic E-state index is -1.12. The largest absolute Gasteiger partial charge is 0.480 e. The van der Waals surface area contributed by atoms with E-state index in [0.717, 1.165) is 11.1 Å². The van der Waals surface area contributed by atoms with Crippen LogP contribution in [0, 0.1) is 11.8 Å². The van der Waals surface area contributed by atoms with Gasteiger partial charge in [-0.3, -0.25) is 9.59 Å². The quantitative estimate of drug-likeness (QED) is 0.353. The van der Waals surface area contributed by atoms with E-state index in [0.29, 0.717) is 0 Å². The summed E-state index contributed by atoms with van der Waals surface area (Å²) in [6.07, 6.45) is -0.161. The van der Waals surface area contributed by atoms with Crippen LogP contribution in [0.2, 0.25) is 0 Å². The van der Waals surface area contributed by atoms with Gasteiger partial charge in [0.1, 0.15) is 11.6 Å². The SMILES string of the molecule is CC(C)C[C@@H](NC(=O)[C@H](CC(=O)[C@@H](Cc1ccccc1)NC(=O)OC(C)(C)C)Cc1ccccc1)C(=O)O. The third kappa shape index (κ3) is 11.2. The summed E-state index contributed by atoms with van der Waals surface area (Å²) >= 11 is 0. The Balaban J connectivity index is 2.29. The van der Waals surface area contributed by atoms with Gasteiger partial charge < -0.3 is 20.5 Å². The topological polar surface area (TPSA) is 122 Å². The molecule has 0 aliphatic rings. The predicted molar refractivity (Wildman–Crippen MR) is 146 cm³/mol. The van der Waals surface area contributed by atoms with Crippen molar-refractivity contribution in [2.75, 3.05) is 0 Å². The maximum absolute atomic E-state index is 13.6. The van der Waals surface area contributed by atoms with Gasteiger partial charge in [0.2, 0.25) is 5.91 Å². The third-order valence-corrected chi connectivity index (χ3v) is 5.83. The minimum absolute atomic E-state index is 0.0545. The second-order valence-corrected chi connectivity index (χ2v) is 11.0. The Kier molecular flexibility index (Phi) is 11.5. The Hall–Kier alpha value is -3.68. The highest BCUT2D eigenvalue weighted by atomic mass is 16.6. The first kappa shape index (κ1) is 30.5. The number of carbonyl (C=O) groups is 4. The van der Waals surface area contributed by atoms with Crippen LogP contribution in [0.1, 0.15) is 58.6 Å². The average molecular weight is 525 g/mol. The highest BCUT2D eigenvalue weighted by molar-refractivity contribution is 5.93. The molecule has 0 spiro atoms. The van der Waals surface area contributed by atoms with E-state index in [9.17, 15) is 24.3 Å². The van der Waals surface area contributed by atoms with Crippen LogP contribution < -0.4 is 10.6 Å². The number of ether oxygens (including phenoxy) is 1. The van der Waals surface area contributed by atoms with Crippen molar-refractivity contribution in [1.82, 2.24) is 10.6 Å². The molecule has 0 aromatic heterocycles. The van der Waals surface area contributed by atoms with E-state index < -0.39 is 41.6 Å². The highest BCUT2D eigenvalue weighted by Crippen LogP contribution is 2.18. The molecule has 0 heterocycles. The fraction of sp³-hybridized carbons (Fsp3) is 0.467. The molecule has 0 aliphatic carbocycles. The number of benzene rings is 2. The van der Waals surface area contributed by atoms with Gasteiger partial charge in [-0.1, -0.05) is 74.5 Å². The van der Waals surface area contributed by atoms with Crippen molar-refractivity contribution >= 4 is 23.8 Å². The maximum Gasteiger partial charge on any atom is 0.408 e. The van der Waals surface area contributed by atoms with Crippen LogP contribution >= 0.6 is 0 Å². The maximum atomic E-state index is 13.6. The van der Waals surface area contributed by atoms with E-state index in [1.807, 2.05) is 74.5 Å². The molecule has 38 heavy (non-hydrogen) atoms. The Morgan fingerprint density at radius 1 is 0.816 bits per heavy atom. The number of carboxylic acids is 1. The van der Waals surface area contributed by atoms with E-state index in [2.05, 4.69) is 10.6 Å². The standard InChI is InChI=1S/C30H40N2O6/c1-20(2)16-25(28(35)36)31-27(34)23(17-21-12-8-6-9-13-21)19-26(33)24(18-22-14-10-7-11-15-22)32-29(37)38-30(3,4)5/h6-15,20,23-25H,16-19H2,1-5H3,(H,31,34)(H,32,37)(H,35,36)/t23-,24+,25+/m0/s1. The third-order valence-electron chi connectivity index (χ3n) is 5.83. The van der Waals surface area contributed by atoms with E-state index in [1.165, 1.54) is 0 Å². The molecule has 8 nitrogen and oxygen atoms in total. The second kappa shape index (κ2) is 14.3. The first-order valence-corrected chi connectivity index (χ1v) is 13.0. The summed E-state index contributed by atoms with van der Waals surface area (Å²) in [5, 5.41) is 14.9.